The average molecular weight is 403 g/mol. The third-order valence-electron chi connectivity index (χ3n) is 5.82. The van der Waals surface area contributed by atoms with Crippen molar-refractivity contribution in [1.29, 1.82) is 0 Å². The summed E-state index contributed by atoms with van der Waals surface area (Å²) >= 11 is 0. The average Bonchev–Trinajstić information content (AvgIpc) is 2.93. The van der Waals surface area contributed by atoms with Gasteiger partial charge in [-0.05, 0) is 76.5 Å². The van der Waals surface area contributed by atoms with Crippen LogP contribution in [0.3, 0.4) is 0 Å². The fourth-order valence-electron chi connectivity index (χ4n) is 4.28. The minimum absolute atomic E-state index is 0.130. The molecule has 5 atom stereocenters. The van der Waals surface area contributed by atoms with Crippen molar-refractivity contribution in [2.24, 2.45) is 11.8 Å². The molecule has 152 valence electrons. The van der Waals surface area contributed by atoms with Gasteiger partial charge in [-0.25, -0.2) is 22.1 Å². The number of fused-ring (bicyclic) bond motifs is 4. The second kappa shape index (κ2) is 8.21. The molecule has 1 aromatic rings. The summed E-state index contributed by atoms with van der Waals surface area (Å²) in [6.07, 6.45) is 4.46. The lowest BCUT2D eigenvalue weighted by Crippen LogP contribution is -2.52. The Balaban J connectivity index is 1.88. The Kier molecular flexibility index (Phi) is 6.33. The highest BCUT2D eigenvalue weighted by Crippen LogP contribution is 2.36. The van der Waals surface area contributed by atoms with Gasteiger partial charge in [0.2, 0.25) is 0 Å². The Hall–Kier alpha value is -0.920. The second-order valence-electron chi connectivity index (χ2n) is 8.86. The van der Waals surface area contributed by atoms with E-state index in [9.17, 15) is 17.4 Å². The Morgan fingerprint density at radius 1 is 1.19 bits per heavy atom. The van der Waals surface area contributed by atoms with Crippen LogP contribution in [0.25, 0.3) is 0 Å². The normalized spacial score (nSPS) is 28.0. The zero-order valence-electron chi connectivity index (χ0n) is 16.2. The molecule has 0 spiro atoms. The molecular weight excluding hydrogens is 373 g/mol. The van der Waals surface area contributed by atoms with Crippen molar-refractivity contribution in [1.82, 2.24) is 10.0 Å². The van der Waals surface area contributed by atoms with E-state index in [1.54, 1.807) is 0 Å². The first kappa shape index (κ1) is 20.8. The maximum atomic E-state index is 14.3. The highest BCUT2D eigenvalue weighted by molar-refractivity contribution is 7.84. The van der Waals surface area contributed by atoms with Crippen LogP contribution in [0.15, 0.2) is 12.1 Å². The van der Waals surface area contributed by atoms with E-state index >= 15 is 0 Å². The maximum Gasteiger partial charge on any atom is 0.161 e. The predicted molar refractivity (Wildman–Crippen MR) is 102 cm³/mol. The minimum Gasteiger partial charge on any atom is -0.314 e. The van der Waals surface area contributed by atoms with Gasteiger partial charge in [-0.1, -0.05) is 6.42 Å². The molecule has 1 saturated carbocycles. The van der Waals surface area contributed by atoms with E-state index in [0.29, 0.717) is 18.0 Å². The lowest BCUT2D eigenvalue weighted by atomic mass is 9.77. The maximum absolute atomic E-state index is 14.3. The number of piperidine rings is 1. The van der Waals surface area contributed by atoms with Crippen molar-refractivity contribution >= 4 is 11.0 Å². The van der Waals surface area contributed by atoms with Crippen LogP contribution in [0, 0.1) is 29.3 Å². The number of rotatable bonds is 5. The van der Waals surface area contributed by atoms with E-state index in [1.165, 1.54) is 0 Å². The van der Waals surface area contributed by atoms with E-state index in [4.69, 9.17) is 0 Å². The van der Waals surface area contributed by atoms with Crippen molar-refractivity contribution in [3.63, 3.8) is 0 Å². The zero-order chi connectivity index (χ0) is 19.8. The molecule has 2 aliphatic heterocycles. The predicted octanol–water partition coefficient (Wildman–Crippen LogP) is 3.85. The fraction of sp³-hybridized carbons (Fsp3) is 0.700. The quantitative estimate of drug-likeness (QED) is 0.735. The molecule has 2 heterocycles. The Morgan fingerprint density at radius 2 is 1.89 bits per heavy atom. The Labute approximate surface area is 162 Å². The van der Waals surface area contributed by atoms with Crippen LogP contribution in [0.2, 0.25) is 0 Å². The zero-order valence-corrected chi connectivity index (χ0v) is 17.0. The molecule has 2 N–H and O–H groups in total. The largest absolute Gasteiger partial charge is 0.314 e. The lowest BCUT2D eigenvalue weighted by Gasteiger charge is -2.39. The standard InChI is InChI=1S/C20H29F3N2OS/c1-20(2,3)27(26)25-19(8-13-7-17(22)18(23)10-16(13)21)15-9-14-6-4-5-12(15)11-24-14/h7,10,12,14-15,19,24-25H,4-6,8-9,11H2,1-3H3/t12?,14-,15-,19-,27+/m1/s1. The van der Waals surface area contributed by atoms with Crippen molar-refractivity contribution in [3.8, 4) is 0 Å². The van der Waals surface area contributed by atoms with Crippen LogP contribution in [0.1, 0.15) is 52.0 Å². The molecule has 0 radical (unpaired) electrons. The van der Waals surface area contributed by atoms with Gasteiger partial charge in [0.1, 0.15) is 5.82 Å². The summed E-state index contributed by atoms with van der Waals surface area (Å²) in [7, 11) is -1.33. The Morgan fingerprint density at radius 3 is 2.59 bits per heavy atom. The summed E-state index contributed by atoms with van der Waals surface area (Å²) in [5, 5.41) is 3.55. The van der Waals surface area contributed by atoms with Crippen LogP contribution in [-0.2, 0) is 17.4 Å². The monoisotopic (exact) mass is 402 g/mol. The van der Waals surface area contributed by atoms with Crippen molar-refractivity contribution in [2.75, 3.05) is 6.54 Å². The van der Waals surface area contributed by atoms with E-state index < -0.39 is 33.2 Å². The lowest BCUT2D eigenvalue weighted by molar-refractivity contribution is 0.188. The molecule has 3 nitrogen and oxygen atoms in total. The van der Waals surface area contributed by atoms with E-state index in [2.05, 4.69) is 10.0 Å². The number of benzene rings is 1. The van der Waals surface area contributed by atoms with Gasteiger partial charge in [0.05, 0.1) is 15.7 Å². The van der Waals surface area contributed by atoms with Crippen LogP contribution in [-0.4, -0.2) is 27.6 Å². The first-order chi connectivity index (χ1) is 12.6. The number of hydrogen-bond acceptors (Lipinski definition) is 2. The van der Waals surface area contributed by atoms with Gasteiger partial charge in [0, 0.05) is 18.2 Å². The Bertz CT molecular complexity index is 703. The van der Waals surface area contributed by atoms with Gasteiger partial charge < -0.3 is 5.32 Å². The SMILES string of the molecule is CC(C)(C)[S@](=O)N[C@H](Cc1cc(F)c(F)cc1F)[C@@H]1C[C@H]2CCCC1CN2. The molecule has 7 heteroatoms. The molecule has 0 aromatic heterocycles. The molecule has 27 heavy (non-hydrogen) atoms. The number of hydrogen-bond donors (Lipinski definition) is 2. The van der Waals surface area contributed by atoms with Crippen molar-refractivity contribution in [2.45, 2.75) is 69.7 Å². The molecule has 2 saturated heterocycles. The van der Waals surface area contributed by atoms with Crippen LogP contribution in [0.4, 0.5) is 13.2 Å². The summed E-state index contributed by atoms with van der Waals surface area (Å²) in [4.78, 5) is 0. The van der Waals surface area contributed by atoms with Crippen LogP contribution >= 0.6 is 0 Å². The van der Waals surface area contributed by atoms with Gasteiger partial charge in [0.15, 0.2) is 11.6 Å². The topological polar surface area (TPSA) is 41.1 Å². The number of halogens is 3. The molecule has 1 aliphatic carbocycles. The molecule has 2 bridgehead atoms. The summed E-state index contributed by atoms with van der Waals surface area (Å²) < 4.78 is 56.8. The summed E-state index contributed by atoms with van der Waals surface area (Å²) in [5.74, 6) is -2.36. The third kappa shape index (κ3) is 4.93. The molecule has 1 unspecified atom stereocenters. The van der Waals surface area contributed by atoms with Gasteiger partial charge >= 0.3 is 0 Å². The highest BCUT2D eigenvalue weighted by atomic mass is 32.2. The van der Waals surface area contributed by atoms with Gasteiger partial charge in [-0.2, -0.15) is 0 Å². The molecule has 3 aliphatic rings. The first-order valence-electron chi connectivity index (χ1n) is 9.70. The van der Waals surface area contributed by atoms with Crippen LogP contribution in [0.5, 0.6) is 0 Å². The summed E-state index contributed by atoms with van der Waals surface area (Å²) in [5.41, 5.74) is 0.130. The van der Waals surface area contributed by atoms with Crippen molar-refractivity contribution < 1.29 is 17.4 Å². The molecule has 1 aromatic carbocycles. The minimum atomic E-state index is -1.33. The third-order valence-corrected chi connectivity index (χ3v) is 7.45. The summed E-state index contributed by atoms with van der Waals surface area (Å²) in [6, 6.07) is 1.70. The number of nitrogens with one attached hydrogen (secondary N) is 2. The van der Waals surface area contributed by atoms with Gasteiger partial charge in [-0.3, -0.25) is 0 Å². The van der Waals surface area contributed by atoms with E-state index in [-0.39, 0.29) is 23.9 Å². The van der Waals surface area contributed by atoms with Crippen molar-refractivity contribution in [3.05, 3.63) is 35.1 Å². The second-order valence-corrected chi connectivity index (χ2v) is 10.9. The fourth-order valence-corrected chi connectivity index (χ4v) is 5.17. The van der Waals surface area contributed by atoms with Gasteiger partial charge in [-0.15, -0.1) is 0 Å². The molecular formula is C20H29F3N2OS. The molecule has 0 amide bonds. The molecule has 3 fully saturated rings. The van der Waals surface area contributed by atoms with E-state index in [0.717, 1.165) is 38.3 Å². The van der Waals surface area contributed by atoms with Crippen LogP contribution < -0.4 is 10.0 Å². The first-order valence-corrected chi connectivity index (χ1v) is 10.8. The summed E-state index contributed by atoms with van der Waals surface area (Å²) in [6.45, 7) is 6.54. The smallest absolute Gasteiger partial charge is 0.161 e. The van der Waals surface area contributed by atoms with E-state index in [1.807, 2.05) is 20.8 Å². The highest BCUT2D eigenvalue weighted by Gasteiger charge is 2.39. The molecule has 4 rings (SSSR count). The van der Waals surface area contributed by atoms with Gasteiger partial charge in [0.25, 0.3) is 0 Å².